The monoisotopic (exact) mass is 395 g/mol. The molecule has 0 saturated carbocycles. The summed E-state index contributed by atoms with van der Waals surface area (Å²) < 4.78 is 11.0. The summed E-state index contributed by atoms with van der Waals surface area (Å²) in [6.07, 6.45) is -0.528. The summed E-state index contributed by atoms with van der Waals surface area (Å²) in [5.74, 6) is 1.35. The van der Waals surface area contributed by atoms with Gasteiger partial charge in [-0.1, -0.05) is 30.3 Å². The zero-order valence-electron chi connectivity index (χ0n) is 16.9. The van der Waals surface area contributed by atoms with E-state index in [1.165, 1.54) is 16.6 Å². The Kier molecular flexibility index (Phi) is 6.34. The van der Waals surface area contributed by atoms with Gasteiger partial charge in [-0.2, -0.15) is 0 Å². The van der Waals surface area contributed by atoms with Crippen LogP contribution >= 0.6 is 0 Å². The highest BCUT2D eigenvalue weighted by Gasteiger charge is 2.20. The third kappa shape index (κ3) is 5.09. The second-order valence-electron chi connectivity index (χ2n) is 7.57. The molecule has 29 heavy (non-hydrogen) atoms. The van der Waals surface area contributed by atoms with Gasteiger partial charge in [0.2, 0.25) is 0 Å². The van der Waals surface area contributed by atoms with Crippen LogP contribution in [0.25, 0.3) is 10.9 Å². The van der Waals surface area contributed by atoms with Gasteiger partial charge in [0.15, 0.2) is 11.5 Å². The van der Waals surface area contributed by atoms with Crippen molar-refractivity contribution in [1.29, 1.82) is 0 Å². The molecular formula is C23H29N3O3. The van der Waals surface area contributed by atoms with E-state index >= 15 is 0 Å². The molecule has 0 amide bonds. The van der Waals surface area contributed by atoms with Crippen LogP contribution in [0, 0.1) is 0 Å². The molecule has 0 aliphatic carbocycles. The summed E-state index contributed by atoms with van der Waals surface area (Å²) in [6, 6.07) is 18.1. The van der Waals surface area contributed by atoms with E-state index in [9.17, 15) is 5.11 Å². The van der Waals surface area contributed by atoms with Crippen molar-refractivity contribution in [2.24, 2.45) is 0 Å². The first-order chi connectivity index (χ1) is 14.2. The van der Waals surface area contributed by atoms with E-state index in [1.54, 1.807) is 7.11 Å². The van der Waals surface area contributed by atoms with E-state index in [4.69, 9.17) is 9.47 Å². The Balaban J connectivity index is 1.21. The molecular weight excluding hydrogens is 366 g/mol. The Morgan fingerprint density at radius 3 is 2.41 bits per heavy atom. The Morgan fingerprint density at radius 1 is 0.966 bits per heavy atom. The summed E-state index contributed by atoms with van der Waals surface area (Å²) in [5.41, 5.74) is 2.45. The highest BCUT2D eigenvalue weighted by Crippen LogP contribution is 2.25. The van der Waals surface area contributed by atoms with Crippen LogP contribution in [0.3, 0.4) is 0 Å². The minimum Gasteiger partial charge on any atom is -0.493 e. The van der Waals surface area contributed by atoms with Crippen LogP contribution in [0.15, 0.2) is 54.6 Å². The zero-order valence-corrected chi connectivity index (χ0v) is 16.9. The van der Waals surface area contributed by atoms with Crippen molar-refractivity contribution in [2.75, 3.05) is 46.4 Å². The largest absolute Gasteiger partial charge is 0.493 e. The minimum atomic E-state index is -0.528. The van der Waals surface area contributed by atoms with Crippen molar-refractivity contribution in [3.8, 4) is 11.5 Å². The molecule has 2 aromatic carbocycles. The third-order valence-corrected chi connectivity index (χ3v) is 5.41. The first-order valence-corrected chi connectivity index (χ1v) is 10.2. The molecule has 1 saturated heterocycles. The summed E-state index contributed by atoms with van der Waals surface area (Å²) in [6.45, 7) is 5.70. The number of hydrogen-bond acceptors (Lipinski definition) is 5. The molecule has 1 unspecified atom stereocenters. The van der Waals surface area contributed by atoms with E-state index in [0.29, 0.717) is 18.0 Å². The molecule has 2 heterocycles. The van der Waals surface area contributed by atoms with Gasteiger partial charge in [0.25, 0.3) is 0 Å². The molecule has 0 bridgehead atoms. The predicted molar refractivity (Wildman–Crippen MR) is 115 cm³/mol. The van der Waals surface area contributed by atoms with Gasteiger partial charge in [0, 0.05) is 50.5 Å². The molecule has 1 aliphatic rings. The van der Waals surface area contributed by atoms with Crippen molar-refractivity contribution in [3.05, 3.63) is 60.3 Å². The average Bonchev–Trinajstić information content (AvgIpc) is 3.16. The number of hydrogen-bond donors (Lipinski definition) is 2. The second-order valence-corrected chi connectivity index (χ2v) is 7.57. The summed E-state index contributed by atoms with van der Waals surface area (Å²) in [7, 11) is 1.62. The van der Waals surface area contributed by atoms with Crippen LogP contribution < -0.4 is 9.47 Å². The zero-order chi connectivity index (χ0) is 20.1. The normalized spacial score (nSPS) is 16.8. The van der Waals surface area contributed by atoms with Crippen LogP contribution in [0.1, 0.15) is 5.69 Å². The molecule has 0 radical (unpaired) electrons. The lowest BCUT2D eigenvalue weighted by atomic mass is 10.2. The Bertz CT molecular complexity index is 885. The summed E-state index contributed by atoms with van der Waals surface area (Å²) in [4.78, 5) is 8.27. The smallest absolute Gasteiger partial charge is 0.161 e. The van der Waals surface area contributed by atoms with E-state index in [-0.39, 0.29) is 6.61 Å². The number of H-pyrrole nitrogens is 1. The van der Waals surface area contributed by atoms with Gasteiger partial charge in [-0.15, -0.1) is 0 Å². The number of aliphatic hydroxyl groups excluding tert-OH is 1. The molecule has 1 atom stereocenters. The van der Waals surface area contributed by atoms with Gasteiger partial charge >= 0.3 is 0 Å². The van der Waals surface area contributed by atoms with Crippen LogP contribution in [-0.4, -0.2) is 72.4 Å². The minimum absolute atomic E-state index is 0.260. The van der Waals surface area contributed by atoms with Gasteiger partial charge in [-0.3, -0.25) is 9.80 Å². The number of aromatic amines is 1. The van der Waals surface area contributed by atoms with Crippen molar-refractivity contribution in [3.63, 3.8) is 0 Å². The number of fused-ring (bicyclic) bond motifs is 1. The average molecular weight is 396 g/mol. The topological polar surface area (TPSA) is 61.0 Å². The first-order valence-electron chi connectivity index (χ1n) is 10.2. The maximum Gasteiger partial charge on any atom is 0.161 e. The highest BCUT2D eigenvalue weighted by atomic mass is 16.5. The van der Waals surface area contributed by atoms with Crippen LogP contribution in [0.4, 0.5) is 0 Å². The molecule has 1 aliphatic heterocycles. The molecule has 1 fully saturated rings. The standard InChI is InChI=1S/C23H29N3O3/c1-28-22-8-4-5-9-23(22)29-17-20(27)16-26-12-10-25(11-13-26)15-19-14-18-6-2-3-7-21(18)24-19/h2-9,14,20,24,27H,10-13,15-17H2,1H3. The van der Waals surface area contributed by atoms with Gasteiger partial charge in [-0.25, -0.2) is 0 Å². The molecule has 2 N–H and O–H groups in total. The lowest BCUT2D eigenvalue weighted by molar-refractivity contribution is 0.0438. The van der Waals surface area contributed by atoms with Crippen LogP contribution in [0.2, 0.25) is 0 Å². The number of piperazine rings is 1. The van der Waals surface area contributed by atoms with E-state index in [0.717, 1.165) is 32.7 Å². The maximum absolute atomic E-state index is 10.4. The highest BCUT2D eigenvalue weighted by molar-refractivity contribution is 5.80. The van der Waals surface area contributed by atoms with E-state index in [2.05, 4.69) is 45.1 Å². The number of β-amino-alcohol motifs (C(OH)–C–C–N with tert-alkyl or cyclic N) is 1. The second kappa shape index (κ2) is 9.31. The lowest BCUT2D eigenvalue weighted by Crippen LogP contribution is -2.48. The van der Waals surface area contributed by atoms with E-state index in [1.807, 2.05) is 24.3 Å². The molecule has 1 aromatic heterocycles. The van der Waals surface area contributed by atoms with E-state index < -0.39 is 6.10 Å². The fourth-order valence-electron chi connectivity index (χ4n) is 3.86. The third-order valence-electron chi connectivity index (χ3n) is 5.41. The molecule has 4 rings (SSSR count). The molecule has 3 aromatic rings. The number of ether oxygens (including phenoxy) is 2. The Hall–Kier alpha value is -2.54. The number of aliphatic hydroxyl groups is 1. The maximum atomic E-state index is 10.4. The van der Waals surface area contributed by atoms with Gasteiger partial charge in [0.1, 0.15) is 12.7 Å². The Morgan fingerprint density at radius 2 is 1.66 bits per heavy atom. The summed E-state index contributed by atoms with van der Waals surface area (Å²) in [5, 5.41) is 11.6. The SMILES string of the molecule is COc1ccccc1OCC(O)CN1CCN(Cc2cc3ccccc3[nH]2)CC1. The van der Waals surface area contributed by atoms with Crippen LogP contribution in [-0.2, 0) is 6.54 Å². The quantitative estimate of drug-likeness (QED) is 0.614. The fraction of sp³-hybridized carbons (Fsp3) is 0.391. The molecule has 6 nitrogen and oxygen atoms in total. The number of rotatable bonds is 8. The molecule has 0 spiro atoms. The summed E-state index contributed by atoms with van der Waals surface area (Å²) >= 11 is 0. The van der Waals surface area contributed by atoms with Crippen LogP contribution in [0.5, 0.6) is 11.5 Å². The van der Waals surface area contributed by atoms with Crippen molar-refractivity contribution in [2.45, 2.75) is 12.6 Å². The number of nitrogens with one attached hydrogen (secondary N) is 1. The van der Waals surface area contributed by atoms with Crippen molar-refractivity contribution >= 4 is 10.9 Å². The molecule has 6 heteroatoms. The predicted octanol–water partition coefficient (Wildman–Crippen LogP) is 2.73. The molecule has 154 valence electrons. The first kappa shape index (κ1) is 19.8. The van der Waals surface area contributed by atoms with Gasteiger partial charge in [0.05, 0.1) is 7.11 Å². The number of nitrogens with zero attached hydrogens (tertiary/aromatic N) is 2. The van der Waals surface area contributed by atoms with Crippen molar-refractivity contribution < 1.29 is 14.6 Å². The number of para-hydroxylation sites is 3. The number of aromatic nitrogens is 1. The number of methoxy groups -OCH3 is 1. The number of benzene rings is 2. The Labute approximate surface area is 171 Å². The van der Waals surface area contributed by atoms with Gasteiger partial charge < -0.3 is 19.6 Å². The van der Waals surface area contributed by atoms with Crippen molar-refractivity contribution in [1.82, 2.24) is 14.8 Å². The van der Waals surface area contributed by atoms with Gasteiger partial charge in [-0.05, 0) is 29.7 Å². The lowest BCUT2D eigenvalue weighted by Gasteiger charge is -2.35. The fourth-order valence-corrected chi connectivity index (χ4v) is 3.86.